The molecular formula is C15H16N2O2S. The highest BCUT2D eigenvalue weighted by Crippen LogP contribution is 2.09. The summed E-state index contributed by atoms with van der Waals surface area (Å²) in [7, 11) is 0. The lowest BCUT2D eigenvalue weighted by Crippen LogP contribution is -2.33. The molecule has 0 bridgehead atoms. The van der Waals surface area contributed by atoms with Gasteiger partial charge in [0.2, 0.25) is 11.8 Å². The van der Waals surface area contributed by atoms with E-state index in [9.17, 15) is 9.59 Å². The Morgan fingerprint density at radius 3 is 2.50 bits per heavy atom. The van der Waals surface area contributed by atoms with Crippen LogP contribution in [0.15, 0.2) is 41.8 Å². The molecule has 0 saturated heterocycles. The van der Waals surface area contributed by atoms with Gasteiger partial charge in [-0.2, -0.15) is 0 Å². The van der Waals surface area contributed by atoms with Crippen LogP contribution in [0.3, 0.4) is 0 Å². The summed E-state index contributed by atoms with van der Waals surface area (Å²) in [5, 5.41) is 7.26. The van der Waals surface area contributed by atoms with Crippen LogP contribution < -0.4 is 10.6 Å². The molecule has 0 aliphatic rings. The number of aryl methyl sites for hydroxylation is 1. The molecule has 0 atom stereocenters. The van der Waals surface area contributed by atoms with Crippen molar-refractivity contribution in [2.75, 3.05) is 11.9 Å². The molecule has 104 valence electrons. The van der Waals surface area contributed by atoms with Gasteiger partial charge in [0.25, 0.3) is 0 Å². The van der Waals surface area contributed by atoms with E-state index in [0.717, 1.165) is 16.1 Å². The molecule has 1 aromatic heterocycles. The number of anilines is 1. The first-order valence-corrected chi connectivity index (χ1v) is 7.17. The summed E-state index contributed by atoms with van der Waals surface area (Å²) in [6, 6.07) is 11.3. The van der Waals surface area contributed by atoms with Crippen LogP contribution in [0.4, 0.5) is 5.69 Å². The largest absolute Gasteiger partial charge is 0.347 e. The zero-order chi connectivity index (χ0) is 14.4. The van der Waals surface area contributed by atoms with E-state index in [2.05, 4.69) is 10.6 Å². The van der Waals surface area contributed by atoms with Gasteiger partial charge in [0.1, 0.15) is 0 Å². The van der Waals surface area contributed by atoms with Crippen LogP contribution in [0.25, 0.3) is 0 Å². The molecule has 2 aromatic rings. The quantitative estimate of drug-likeness (QED) is 0.887. The number of carbonyl (C=O) groups is 2. The Balaban J connectivity index is 1.74. The SMILES string of the molecule is Cc1ccc(NC(=O)CNC(=O)Cc2cccs2)cc1. The number of rotatable bonds is 5. The van der Waals surface area contributed by atoms with Crippen molar-refractivity contribution in [3.05, 3.63) is 52.2 Å². The lowest BCUT2D eigenvalue weighted by Gasteiger charge is -2.06. The molecule has 0 radical (unpaired) electrons. The molecule has 0 aliphatic heterocycles. The van der Waals surface area contributed by atoms with Gasteiger partial charge >= 0.3 is 0 Å². The van der Waals surface area contributed by atoms with Crippen molar-refractivity contribution >= 4 is 28.8 Å². The van der Waals surface area contributed by atoms with Crippen molar-refractivity contribution < 1.29 is 9.59 Å². The summed E-state index contributed by atoms with van der Waals surface area (Å²) in [5.41, 5.74) is 1.86. The number of hydrogen-bond donors (Lipinski definition) is 2. The summed E-state index contributed by atoms with van der Waals surface area (Å²) in [6.45, 7) is 1.97. The Bertz CT molecular complexity index is 576. The molecule has 2 rings (SSSR count). The second-order valence-corrected chi connectivity index (χ2v) is 5.48. The third kappa shape index (κ3) is 4.51. The Kier molecular flexibility index (Phi) is 4.90. The van der Waals surface area contributed by atoms with Crippen LogP contribution in [0.5, 0.6) is 0 Å². The van der Waals surface area contributed by atoms with E-state index in [1.54, 1.807) is 0 Å². The highest BCUT2D eigenvalue weighted by Gasteiger charge is 2.07. The summed E-state index contributed by atoms with van der Waals surface area (Å²) >= 11 is 1.53. The Hall–Kier alpha value is -2.14. The maximum Gasteiger partial charge on any atom is 0.243 e. The number of thiophene rings is 1. The highest BCUT2D eigenvalue weighted by atomic mass is 32.1. The monoisotopic (exact) mass is 288 g/mol. The predicted molar refractivity (Wildman–Crippen MR) is 80.8 cm³/mol. The fourth-order valence-electron chi connectivity index (χ4n) is 1.65. The van der Waals surface area contributed by atoms with Crippen molar-refractivity contribution in [1.82, 2.24) is 5.32 Å². The third-order valence-corrected chi connectivity index (χ3v) is 3.57. The minimum atomic E-state index is -0.228. The van der Waals surface area contributed by atoms with E-state index >= 15 is 0 Å². The molecule has 1 aromatic carbocycles. The average Bonchev–Trinajstić information content (AvgIpc) is 2.92. The topological polar surface area (TPSA) is 58.2 Å². The molecule has 5 heteroatoms. The number of benzene rings is 1. The van der Waals surface area contributed by atoms with Crippen LogP contribution >= 0.6 is 11.3 Å². The summed E-state index contributed by atoms with van der Waals surface area (Å²) in [6.07, 6.45) is 0.315. The highest BCUT2D eigenvalue weighted by molar-refractivity contribution is 7.10. The first-order valence-electron chi connectivity index (χ1n) is 6.29. The first kappa shape index (κ1) is 14.3. The standard InChI is InChI=1S/C15H16N2O2S/c1-11-4-6-12(7-5-11)17-15(19)10-16-14(18)9-13-3-2-8-20-13/h2-8H,9-10H2,1H3,(H,16,18)(H,17,19). The molecule has 20 heavy (non-hydrogen) atoms. The fourth-order valence-corrected chi connectivity index (χ4v) is 2.36. The minimum Gasteiger partial charge on any atom is -0.347 e. The fraction of sp³-hybridized carbons (Fsp3) is 0.200. The number of amides is 2. The van der Waals surface area contributed by atoms with E-state index in [-0.39, 0.29) is 18.4 Å². The molecule has 0 aliphatic carbocycles. The van der Waals surface area contributed by atoms with Gasteiger partial charge < -0.3 is 10.6 Å². The van der Waals surface area contributed by atoms with Gasteiger partial charge in [0.05, 0.1) is 13.0 Å². The van der Waals surface area contributed by atoms with Crippen molar-refractivity contribution in [1.29, 1.82) is 0 Å². The lowest BCUT2D eigenvalue weighted by atomic mass is 10.2. The van der Waals surface area contributed by atoms with E-state index in [0.29, 0.717) is 6.42 Å². The number of carbonyl (C=O) groups excluding carboxylic acids is 2. The maximum absolute atomic E-state index is 11.7. The van der Waals surface area contributed by atoms with Gasteiger partial charge in [-0.05, 0) is 30.5 Å². The molecule has 1 heterocycles. The van der Waals surface area contributed by atoms with Crippen molar-refractivity contribution in [3.63, 3.8) is 0 Å². The van der Waals surface area contributed by atoms with E-state index in [4.69, 9.17) is 0 Å². The van der Waals surface area contributed by atoms with Crippen molar-refractivity contribution in [2.24, 2.45) is 0 Å². The van der Waals surface area contributed by atoms with Crippen molar-refractivity contribution in [3.8, 4) is 0 Å². The van der Waals surface area contributed by atoms with Crippen LogP contribution in [-0.4, -0.2) is 18.4 Å². The molecule has 0 unspecified atom stereocenters. The lowest BCUT2D eigenvalue weighted by molar-refractivity contribution is -0.123. The maximum atomic E-state index is 11.7. The molecular weight excluding hydrogens is 272 g/mol. The van der Waals surface area contributed by atoms with E-state index in [1.165, 1.54) is 11.3 Å². The number of nitrogens with one attached hydrogen (secondary N) is 2. The van der Waals surface area contributed by atoms with Crippen LogP contribution in [0.2, 0.25) is 0 Å². The second-order valence-electron chi connectivity index (χ2n) is 4.45. The number of hydrogen-bond acceptors (Lipinski definition) is 3. The normalized spacial score (nSPS) is 10.1. The molecule has 0 fully saturated rings. The summed E-state index contributed by atoms with van der Waals surface area (Å²) < 4.78 is 0. The van der Waals surface area contributed by atoms with Crippen LogP contribution in [0.1, 0.15) is 10.4 Å². The second kappa shape index (κ2) is 6.86. The van der Waals surface area contributed by atoms with Gasteiger partial charge in [-0.25, -0.2) is 0 Å². The third-order valence-electron chi connectivity index (χ3n) is 2.70. The van der Waals surface area contributed by atoms with Crippen LogP contribution in [-0.2, 0) is 16.0 Å². The molecule has 4 nitrogen and oxygen atoms in total. The molecule has 0 saturated carbocycles. The smallest absolute Gasteiger partial charge is 0.243 e. The van der Waals surface area contributed by atoms with Gasteiger partial charge in [0, 0.05) is 10.6 Å². The summed E-state index contributed by atoms with van der Waals surface area (Å²) in [5.74, 6) is -0.375. The van der Waals surface area contributed by atoms with E-state index < -0.39 is 0 Å². The minimum absolute atomic E-state index is 0.0158. The van der Waals surface area contributed by atoms with Crippen molar-refractivity contribution in [2.45, 2.75) is 13.3 Å². The Morgan fingerprint density at radius 2 is 1.85 bits per heavy atom. The Morgan fingerprint density at radius 1 is 1.10 bits per heavy atom. The Labute approximate surface area is 121 Å². The molecule has 2 N–H and O–H groups in total. The average molecular weight is 288 g/mol. The zero-order valence-corrected chi connectivity index (χ0v) is 12.0. The van der Waals surface area contributed by atoms with E-state index in [1.807, 2.05) is 48.7 Å². The van der Waals surface area contributed by atoms with Gasteiger partial charge in [0.15, 0.2) is 0 Å². The van der Waals surface area contributed by atoms with Crippen LogP contribution in [0, 0.1) is 6.92 Å². The van der Waals surface area contributed by atoms with Gasteiger partial charge in [-0.15, -0.1) is 11.3 Å². The first-order chi connectivity index (χ1) is 9.63. The molecule has 0 spiro atoms. The van der Waals surface area contributed by atoms with Gasteiger partial charge in [-0.1, -0.05) is 23.8 Å². The zero-order valence-electron chi connectivity index (χ0n) is 11.2. The summed E-state index contributed by atoms with van der Waals surface area (Å²) in [4.78, 5) is 24.3. The predicted octanol–water partition coefficient (Wildman–Crippen LogP) is 2.35. The molecule has 2 amide bonds. The van der Waals surface area contributed by atoms with Gasteiger partial charge in [-0.3, -0.25) is 9.59 Å².